The van der Waals surface area contributed by atoms with Gasteiger partial charge in [0.05, 0.1) is 11.6 Å². The van der Waals surface area contributed by atoms with E-state index in [-0.39, 0.29) is 17.8 Å². The van der Waals surface area contributed by atoms with Crippen LogP contribution < -0.4 is 5.32 Å². The first-order valence-electron chi connectivity index (χ1n) is 7.55. The Morgan fingerprint density at radius 1 is 1.04 bits per heavy atom. The summed E-state index contributed by atoms with van der Waals surface area (Å²) in [7, 11) is 0. The molecule has 2 heterocycles. The highest BCUT2D eigenvalue weighted by atomic mass is 19.1. The number of pyridine rings is 2. The van der Waals surface area contributed by atoms with Gasteiger partial charge in [0, 0.05) is 35.9 Å². The third-order valence-electron chi connectivity index (χ3n) is 3.71. The van der Waals surface area contributed by atoms with Gasteiger partial charge >= 0.3 is 0 Å². The summed E-state index contributed by atoms with van der Waals surface area (Å²) in [5.74, 6) is -0.532. The Kier molecular flexibility index (Phi) is 4.61. The molecule has 1 atom stereocenters. The van der Waals surface area contributed by atoms with E-state index < -0.39 is 0 Å². The van der Waals surface area contributed by atoms with Crippen molar-refractivity contribution in [2.24, 2.45) is 0 Å². The largest absolute Gasteiger partial charge is 0.345 e. The second-order valence-electron chi connectivity index (χ2n) is 5.45. The van der Waals surface area contributed by atoms with Crippen LogP contribution in [0, 0.1) is 5.82 Å². The van der Waals surface area contributed by atoms with Gasteiger partial charge in [-0.1, -0.05) is 18.2 Å². The number of hydrogen-bond acceptors (Lipinski definition) is 3. The lowest BCUT2D eigenvalue weighted by Crippen LogP contribution is -2.26. The summed E-state index contributed by atoms with van der Waals surface area (Å²) in [6.45, 7) is 1.85. The molecule has 1 aromatic carbocycles. The highest BCUT2D eigenvalue weighted by Crippen LogP contribution is 2.19. The number of carbonyl (C=O) groups excluding carboxylic acids is 1. The van der Waals surface area contributed by atoms with Crippen LogP contribution in [0.3, 0.4) is 0 Å². The molecule has 0 saturated heterocycles. The van der Waals surface area contributed by atoms with Crippen molar-refractivity contribution in [2.75, 3.05) is 0 Å². The molecule has 5 heteroatoms. The molecular weight excluding hydrogens is 305 g/mol. The average Bonchev–Trinajstić information content (AvgIpc) is 2.63. The molecule has 0 aliphatic rings. The third-order valence-corrected chi connectivity index (χ3v) is 3.71. The second kappa shape index (κ2) is 7.00. The van der Waals surface area contributed by atoms with E-state index in [9.17, 15) is 9.18 Å². The van der Waals surface area contributed by atoms with Crippen LogP contribution in [0.15, 0.2) is 67.3 Å². The van der Waals surface area contributed by atoms with Crippen LogP contribution in [-0.2, 0) is 0 Å². The summed E-state index contributed by atoms with van der Waals surface area (Å²) in [5, 5.41) is 2.89. The van der Waals surface area contributed by atoms with Gasteiger partial charge in [-0.2, -0.15) is 0 Å². The van der Waals surface area contributed by atoms with Crippen LogP contribution in [-0.4, -0.2) is 15.9 Å². The molecule has 0 spiro atoms. The molecule has 0 aliphatic carbocycles. The minimum Gasteiger partial charge on any atom is -0.345 e. The van der Waals surface area contributed by atoms with E-state index in [4.69, 9.17) is 0 Å². The fourth-order valence-electron chi connectivity index (χ4n) is 2.37. The number of carbonyl (C=O) groups is 1. The lowest BCUT2D eigenvalue weighted by molar-refractivity contribution is 0.0939. The van der Waals surface area contributed by atoms with Crippen molar-refractivity contribution in [3.63, 3.8) is 0 Å². The molecule has 1 unspecified atom stereocenters. The highest BCUT2D eigenvalue weighted by molar-refractivity contribution is 5.95. The molecule has 120 valence electrons. The van der Waals surface area contributed by atoms with Gasteiger partial charge in [0.15, 0.2) is 0 Å². The molecule has 0 saturated carbocycles. The number of aromatic nitrogens is 2. The van der Waals surface area contributed by atoms with E-state index in [1.165, 1.54) is 18.3 Å². The van der Waals surface area contributed by atoms with Crippen molar-refractivity contribution in [3.8, 4) is 11.1 Å². The maximum absolute atomic E-state index is 13.0. The molecule has 0 radical (unpaired) electrons. The summed E-state index contributed by atoms with van der Waals surface area (Å²) >= 11 is 0. The van der Waals surface area contributed by atoms with Gasteiger partial charge in [-0.3, -0.25) is 14.8 Å². The number of nitrogens with one attached hydrogen (secondary N) is 1. The zero-order valence-corrected chi connectivity index (χ0v) is 13.1. The first-order chi connectivity index (χ1) is 11.6. The summed E-state index contributed by atoms with van der Waals surface area (Å²) in [6.07, 6.45) is 6.63. The molecule has 0 aliphatic heterocycles. The standard InChI is InChI=1S/C19H16FN3O/c1-13(14-4-6-18(20)7-5-14)23-19(24)17-9-16(11-22-12-17)15-3-2-8-21-10-15/h2-13H,1H3,(H,23,24). The average molecular weight is 321 g/mol. The maximum Gasteiger partial charge on any atom is 0.253 e. The lowest BCUT2D eigenvalue weighted by Gasteiger charge is -2.14. The molecule has 0 fully saturated rings. The number of halogens is 1. The van der Waals surface area contributed by atoms with Crippen molar-refractivity contribution in [1.29, 1.82) is 0 Å². The monoisotopic (exact) mass is 321 g/mol. The van der Waals surface area contributed by atoms with Crippen LogP contribution >= 0.6 is 0 Å². The Labute approximate surface area is 139 Å². The Balaban J connectivity index is 1.77. The molecule has 3 rings (SSSR count). The Morgan fingerprint density at radius 2 is 1.79 bits per heavy atom. The van der Waals surface area contributed by atoms with Crippen molar-refractivity contribution < 1.29 is 9.18 Å². The van der Waals surface area contributed by atoms with Crippen LogP contribution in [0.4, 0.5) is 4.39 Å². The first kappa shape index (κ1) is 15.8. The molecule has 1 amide bonds. The highest BCUT2D eigenvalue weighted by Gasteiger charge is 2.13. The summed E-state index contributed by atoms with van der Waals surface area (Å²) in [6, 6.07) is 11.3. The Morgan fingerprint density at radius 3 is 2.50 bits per heavy atom. The maximum atomic E-state index is 13.0. The molecule has 3 aromatic rings. The summed E-state index contributed by atoms with van der Waals surface area (Å²) < 4.78 is 13.0. The van der Waals surface area contributed by atoms with E-state index in [2.05, 4.69) is 15.3 Å². The Bertz CT molecular complexity index is 835. The number of benzene rings is 1. The van der Waals surface area contributed by atoms with Crippen LogP contribution in [0.25, 0.3) is 11.1 Å². The molecule has 24 heavy (non-hydrogen) atoms. The van der Waals surface area contributed by atoms with E-state index in [1.54, 1.807) is 36.8 Å². The first-order valence-corrected chi connectivity index (χ1v) is 7.55. The predicted octanol–water partition coefficient (Wildman–Crippen LogP) is 3.77. The van der Waals surface area contributed by atoms with Gasteiger partial charge < -0.3 is 5.32 Å². The van der Waals surface area contributed by atoms with E-state index in [1.807, 2.05) is 19.1 Å². The summed E-state index contributed by atoms with van der Waals surface area (Å²) in [4.78, 5) is 20.6. The van der Waals surface area contributed by atoms with E-state index >= 15 is 0 Å². The smallest absolute Gasteiger partial charge is 0.253 e. The number of rotatable bonds is 4. The van der Waals surface area contributed by atoms with Crippen LogP contribution in [0.2, 0.25) is 0 Å². The van der Waals surface area contributed by atoms with Crippen LogP contribution in [0.1, 0.15) is 28.9 Å². The number of hydrogen-bond donors (Lipinski definition) is 1. The minimum absolute atomic E-state index is 0.231. The predicted molar refractivity (Wildman–Crippen MR) is 89.7 cm³/mol. The molecule has 1 N–H and O–H groups in total. The zero-order chi connectivity index (χ0) is 16.9. The lowest BCUT2D eigenvalue weighted by atomic mass is 10.1. The molecule has 4 nitrogen and oxygen atoms in total. The fraction of sp³-hybridized carbons (Fsp3) is 0.105. The van der Waals surface area contributed by atoms with E-state index in [0.717, 1.165) is 16.7 Å². The molecular formula is C19H16FN3O. The summed E-state index contributed by atoms with van der Waals surface area (Å²) in [5.41, 5.74) is 3.02. The second-order valence-corrected chi connectivity index (χ2v) is 5.45. The molecule has 2 aromatic heterocycles. The molecule has 0 bridgehead atoms. The number of nitrogens with zero attached hydrogens (tertiary/aromatic N) is 2. The van der Waals surface area contributed by atoms with Gasteiger partial charge in [0.1, 0.15) is 5.82 Å². The SMILES string of the molecule is CC(NC(=O)c1cncc(-c2cccnc2)c1)c1ccc(F)cc1. The normalized spacial score (nSPS) is 11.8. The van der Waals surface area contributed by atoms with Crippen LogP contribution in [0.5, 0.6) is 0 Å². The fourth-order valence-corrected chi connectivity index (χ4v) is 2.37. The van der Waals surface area contributed by atoms with Gasteiger partial charge in [-0.05, 0) is 36.8 Å². The van der Waals surface area contributed by atoms with Gasteiger partial charge in [0.2, 0.25) is 0 Å². The van der Waals surface area contributed by atoms with Gasteiger partial charge in [0.25, 0.3) is 5.91 Å². The quantitative estimate of drug-likeness (QED) is 0.796. The van der Waals surface area contributed by atoms with Crippen molar-refractivity contribution >= 4 is 5.91 Å². The third kappa shape index (κ3) is 3.63. The topological polar surface area (TPSA) is 54.9 Å². The van der Waals surface area contributed by atoms with Gasteiger partial charge in [-0.15, -0.1) is 0 Å². The van der Waals surface area contributed by atoms with E-state index in [0.29, 0.717) is 5.56 Å². The van der Waals surface area contributed by atoms with Gasteiger partial charge in [-0.25, -0.2) is 4.39 Å². The van der Waals surface area contributed by atoms with Crippen molar-refractivity contribution in [3.05, 3.63) is 84.2 Å². The number of amides is 1. The zero-order valence-electron chi connectivity index (χ0n) is 13.1. The Hall–Kier alpha value is -3.08. The minimum atomic E-state index is -0.300. The van der Waals surface area contributed by atoms with Crippen molar-refractivity contribution in [2.45, 2.75) is 13.0 Å². The van der Waals surface area contributed by atoms with Crippen molar-refractivity contribution in [1.82, 2.24) is 15.3 Å².